The highest BCUT2D eigenvalue weighted by molar-refractivity contribution is 5.63. The number of anilines is 2. The van der Waals surface area contributed by atoms with Crippen molar-refractivity contribution in [3.63, 3.8) is 0 Å². The average molecular weight is 284 g/mol. The maximum atomic E-state index is 13.0. The van der Waals surface area contributed by atoms with Crippen LogP contribution in [0.3, 0.4) is 0 Å². The summed E-state index contributed by atoms with van der Waals surface area (Å²) in [5.74, 6) is -0.198. The first-order valence-corrected chi connectivity index (χ1v) is 7.61. The molecule has 3 heteroatoms. The van der Waals surface area contributed by atoms with Gasteiger partial charge in [0.05, 0.1) is 0 Å². The van der Waals surface area contributed by atoms with Gasteiger partial charge >= 0.3 is 0 Å². The second kappa shape index (κ2) is 6.27. The van der Waals surface area contributed by atoms with Crippen LogP contribution in [0.2, 0.25) is 0 Å². The molecule has 1 fully saturated rings. The second-order valence-corrected chi connectivity index (χ2v) is 5.54. The maximum absolute atomic E-state index is 13.0. The standard InChI is InChI=1S/C18H21FN2/c1-2-21(18-11-5-15(19)6-12-18)17-9-3-14(4-10-17)13-20-16-7-8-16/h3-6,9-12,16,20H,2,7-8,13H2,1H3. The van der Waals surface area contributed by atoms with Crippen LogP contribution in [0.4, 0.5) is 15.8 Å². The first-order valence-electron chi connectivity index (χ1n) is 7.61. The lowest BCUT2D eigenvalue weighted by molar-refractivity contribution is 0.628. The van der Waals surface area contributed by atoms with Crippen LogP contribution in [0.5, 0.6) is 0 Å². The fourth-order valence-electron chi connectivity index (χ4n) is 2.48. The van der Waals surface area contributed by atoms with Gasteiger partial charge in [-0.05, 0) is 61.7 Å². The number of nitrogens with zero attached hydrogens (tertiary/aromatic N) is 1. The van der Waals surface area contributed by atoms with E-state index in [0.29, 0.717) is 0 Å². The molecule has 0 aromatic heterocycles. The van der Waals surface area contributed by atoms with Crippen LogP contribution < -0.4 is 10.2 Å². The van der Waals surface area contributed by atoms with E-state index in [0.717, 1.165) is 30.5 Å². The Bertz CT molecular complexity index is 573. The van der Waals surface area contributed by atoms with Gasteiger partial charge in [-0.3, -0.25) is 0 Å². The summed E-state index contributed by atoms with van der Waals surface area (Å²) < 4.78 is 13.0. The molecule has 1 aliphatic rings. The Labute approximate surface area is 125 Å². The highest BCUT2D eigenvalue weighted by Crippen LogP contribution is 2.26. The Kier molecular flexibility index (Phi) is 4.20. The van der Waals surface area contributed by atoms with Crippen molar-refractivity contribution in [2.24, 2.45) is 0 Å². The molecule has 0 bridgehead atoms. The minimum atomic E-state index is -0.198. The van der Waals surface area contributed by atoms with Crippen molar-refractivity contribution in [3.05, 3.63) is 59.9 Å². The Balaban J connectivity index is 1.72. The van der Waals surface area contributed by atoms with Gasteiger partial charge in [0.15, 0.2) is 0 Å². The summed E-state index contributed by atoms with van der Waals surface area (Å²) in [6.45, 7) is 3.89. The highest BCUT2D eigenvalue weighted by Gasteiger charge is 2.19. The van der Waals surface area contributed by atoms with E-state index in [4.69, 9.17) is 0 Å². The molecular formula is C18H21FN2. The molecule has 1 aliphatic carbocycles. The lowest BCUT2D eigenvalue weighted by atomic mass is 10.1. The van der Waals surface area contributed by atoms with E-state index >= 15 is 0 Å². The molecule has 0 heterocycles. The highest BCUT2D eigenvalue weighted by atomic mass is 19.1. The largest absolute Gasteiger partial charge is 0.342 e. The zero-order valence-electron chi connectivity index (χ0n) is 12.3. The predicted octanol–water partition coefficient (Wildman–Crippen LogP) is 4.24. The maximum Gasteiger partial charge on any atom is 0.123 e. The number of benzene rings is 2. The molecule has 1 saturated carbocycles. The monoisotopic (exact) mass is 284 g/mol. The molecule has 110 valence electrons. The normalized spacial score (nSPS) is 14.2. The molecule has 0 atom stereocenters. The fourth-order valence-corrected chi connectivity index (χ4v) is 2.48. The van der Waals surface area contributed by atoms with Crippen molar-refractivity contribution in [1.82, 2.24) is 5.32 Å². The molecule has 1 N–H and O–H groups in total. The molecule has 0 aliphatic heterocycles. The third-order valence-corrected chi connectivity index (χ3v) is 3.87. The third kappa shape index (κ3) is 3.61. The summed E-state index contributed by atoms with van der Waals surface area (Å²) >= 11 is 0. The second-order valence-electron chi connectivity index (χ2n) is 5.54. The van der Waals surface area contributed by atoms with Crippen LogP contribution in [0.25, 0.3) is 0 Å². The molecule has 0 amide bonds. The Morgan fingerprint density at radius 3 is 2.10 bits per heavy atom. The predicted molar refractivity (Wildman–Crippen MR) is 85.4 cm³/mol. The zero-order valence-corrected chi connectivity index (χ0v) is 12.3. The van der Waals surface area contributed by atoms with Crippen LogP contribution in [0.1, 0.15) is 25.3 Å². The van der Waals surface area contributed by atoms with E-state index in [1.807, 2.05) is 12.1 Å². The summed E-state index contributed by atoms with van der Waals surface area (Å²) in [7, 11) is 0. The molecule has 0 spiro atoms. The van der Waals surface area contributed by atoms with E-state index in [1.165, 1.54) is 30.5 Å². The molecule has 0 saturated heterocycles. The number of hydrogen-bond acceptors (Lipinski definition) is 2. The summed E-state index contributed by atoms with van der Waals surface area (Å²) in [5, 5.41) is 3.52. The van der Waals surface area contributed by atoms with Crippen LogP contribution in [-0.2, 0) is 6.54 Å². The molecule has 3 rings (SSSR count). The summed E-state index contributed by atoms with van der Waals surface area (Å²) in [5.41, 5.74) is 3.46. The van der Waals surface area contributed by atoms with Gasteiger partial charge in [-0.1, -0.05) is 12.1 Å². The van der Waals surface area contributed by atoms with Crippen molar-refractivity contribution in [2.45, 2.75) is 32.4 Å². The molecular weight excluding hydrogens is 263 g/mol. The van der Waals surface area contributed by atoms with E-state index in [-0.39, 0.29) is 5.82 Å². The smallest absolute Gasteiger partial charge is 0.123 e. The molecule has 0 radical (unpaired) electrons. The van der Waals surface area contributed by atoms with Crippen molar-refractivity contribution >= 4 is 11.4 Å². The summed E-state index contributed by atoms with van der Waals surface area (Å²) in [4.78, 5) is 2.18. The van der Waals surface area contributed by atoms with Gasteiger partial charge in [-0.25, -0.2) is 4.39 Å². The molecule has 2 nitrogen and oxygen atoms in total. The van der Waals surface area contributed by atoms with Crippen molar-refractivity contribution in [1.29, 1.82) is 0 Å². The van der Waals surface area contributed by atoms with Gasteiger partial charge in [0.2, 0.25) is 0 Å². The third-order valence-electron chi connectivity index (χ3n) is 3.87. The molecule has 2 aromatic carbocycles. The van der Waals surface area contributed by atoms with E-state index in [2.05, 4.69) is 41.4 Å². The van der Waals surface area contributed by atoms with E-state index in [9.17, 15) is 4.39 Å². The number of nitrogens with one attached hydrogen (secondary N) is 1. The van der Waals surface area contributed by atoms with Crippen LogP contribution in [0, 0.1) is 5.82 Å². The van der Waals surface area contributed by atoms with Gasteiger partial charge < -0.3 is 10.2 Å². The first-order chi connectivity index (χ1) is 10.3. The van der Waals surface area contributed by atoms with Crippen LogP contribution in [0.15, 0.2) is 48.5 Å². The van der Waals surface area contributed by atoms with Gasteiger partial charge in [0.1, 0.15) is 5.82 Å². The fraction of sp³-hybridized carbons (Fsp3) is 0.333. The van der Waals surface area contributed by atoms with Gasteiger partial charge in [-0.15, -0.1) is 0 Å². The molecule has 21 heavy (non-hydrogen) atoms. The lowest BCUT2D eigenvalue weighted by Gasteiger charge is -2.23. The Hall–Kier alpha value is -1.87. The molecule has 2 aromatic rings. The van der Waals surface area contributed by atoms with Crippen LogP contribution >= 0.6 is 0 Å². The first kappa shape index (κ1) is 14.1. The Morgan fingerprint density at radius 2 is 1.57 bits per heavy atom. The van der Waals surface area contributed by atoms with Crippen molar-refractivity contribution in [2.75, 3.05) is 11.4 Å². The van der Waals surface area contributed by atoms with Gasteiger partial charge in [0, 0.05) is 30.5 Å². The number of halogens is 1. The van der Waals surface area contributed by atoms with E-state index in [1.54, 1.807) is 0 Å². The number of hydrogen-bond donors (Lipinski definition) is 1. The van der Waals surface area contributed by atoms with Crippen LogP contribution in [-0.4, -0.2) is 12.6 Å². The minimum absolute atomic E-state index is 0.198. The quantitative estimate of drug-likeness (QED) is 0.853. The van der Waals surface area contributed by atoms with E-state index < -0.39 is 0 Å². The number of rotatable bonds is 6. The summed E-state index contributed by atoms with van der Waals surface area (Å²) in [6, 6.07) is 16.0. The van der Waals surface area contributed by atoms with Gasteiger partial charge in [0.25, 0.3) is 0 Å². The van der Waals surface area contributed by atoms with Crippen molar-refractivity contribution < 1.29 is 4.39 Å². The summed E-state index contributed by atoms with van der Waals surface area (Å²) in [6.07, 6.45) is 2.62. The Morgan fingerprint density at radius 1 is 1.00 bits per heavy atom. The topological polar surface area (TPSA) is 15.3 Å². The minimum Gasteiger partial charge on any atom is -0.342 e. The SMILES string of the molecule is CCN(c1ccc(F)cc1)c1ccc(CNC2CC2)cc1. The zero-order chi connectivity index (χ0) is 14.7. The van der Waals surface area contributed by atoms with Gasteiger partial charge in [-0.2, -0.15) is 0 Å². The average Bonchev–Trinajstić information content (AvgIpc) is 3.33. The lowest BCUT2D eigenvalue weighted by Crippen LogP contribution is -2.17. The molecule has 0 unspecified atom stereocenters. The van der Waals surface area contributed by atoms with Crippen molar-refractivity contribution in [3.8, 4) is 0 Å².